The van der Waals surface area contributed by atoms with Crippen LogP contribution in [-0.4, -0.2) is 49.1 Å². The third-order valence-corrected chi connectivity index (χ3v) is 5.43. The first-order valence-electron chi connectivity index (χ1n) is 10.1. The number of benzene rings is 2. The number of pyridine rings is 1. The van der Waals surface area contributed by atoms with Crippen LogP contribution in [-0.2, 0) is 16.1 Å². The van der Waals surface area contributed by atoms with Gasteiger partial charge in [0.05, 0.1) is 11.6 Å². The van der Waals surface area contributed by atoms with Crippen molar-refractivity contribution in [2.75, 3.05) is 38.1 Å². The van der Waals surface area contributed by atoms with Gasteiger partial charge in [-0.25, -0.2) is 4.98 Å². The fraction of sp³-hybridized carbons (Fsp3) is 0.292. The monoisotopic (exact) mass is 400 g/mol. The number of para-hydroxylation sites is 1. The smallest absolute Gasteiger partial charge is 0.328 e. The number of fused-ring (bicyclic) bond motifs is 1. The zero-order chi connectivity index (χ0) is 20.9. The number of nitrogens with zero attached hydrogens (tertiary/aromatic N) is 4. The summed E-state index contributed by atoms with van der Waals surface area (Å²) in [7, 11) is 2.09. The summed E-state index contributed by atoms with van der Waals surface area (Å²) in [4.78, 5) is 22.1. The van der Waals surface area contributed by atoms with Crippen molar-refractivity contribution in [2.45, 2.75) is 12.5 Å². The Hall–Kier alpha value is -3.43. The minimum absolute atomic E-state index is 0.142. The van der Waals surface area contributed by atoms with E-state index in [0.717, 1.165) is 42.6 Å². The number of esters is 1. The third-order valence-electron chi connectivity index (χ3n) is 5.43. The van der Waals surface area contributed by atoms with Gasteiger partial charge in [0.1, 0.15) is 12.4 Å². The first kappa shape index (κ1) is 19.9. The second kappa shape index (κ2) is 8.93. The fourth-order valence-corrected chi connectivity index (χ4v) is 3.67. The summed E-state index contributed by atoms with van der Waals surface area (Å²) in [6.07, 6.45) is 0. The first-order chi connectivity index (χ1) is 14.7. The molecule has 30 heavy (non-hydrogen) atoms. The summed E-state index contributed by atoms with van der Waals surface area (Å²) in [6, 6.07) is 21.3. The number of hydrogen-bond acceptors (Lipinski definition) is 6. The molecule has 3 aromatic rings. The van der Waals surface area contributed by atoms with Crippen LogP contribution in [0.15, 0.2) is 60.7 Å². The van der Waals surface area contributed by atoms with Crippen molar-refractivity contribution >= 4 is 22.7 Å². The van der Waals surface area contributed by atoms with Gasteiger partial charge in [-0.1, -0.05) is 48.5 Å². The second-order valence-electron chi connectivity index (χ2n) is 7.54. The molecule has 1 aromatic heterocycles. The summed E-state index contributed by atoms with van der Waals surface area (Å²) in [5.41, 5.74) is 2.35. The Bertz CT molecular complexity index is 1070. The standard InChI is InChI=1S/C24H24N4O2/c1-27-11-13-28(14-12-27)23-20(15-19-9-5-6-10-22(19)26-23)21(16-25)24(29)30-17-18-7-3-2-4-8-18/h2-10,15,21H,11-14,17H2,1H3. The summed E-state index contributed by atoms with van der Waals surface area (Å²) >= 11 is 0. The maximum atomic E-state index is 12.9. The van der Waals surface area contributed by atoms with Gasteiger partial charge in [0.15, 0.2) is 5.92 Å². The molecule has 1 fully saturated rings. The Morgan fingerprint density at radius 1 is 1.10 bits per heavy atom. The molecule has 152 valence electrons. The average Bonchev–Trinajstić information content (AvgIpc) is 2.79. The number of ether oxygens (including phenoxy) is 1. The van der Waals surface area contributed by atoms with E-state index in [0.29, 0.717) is 11.4 Å². The van der Waals surface area contributed by atoms with Crippen LogP contribution < -0.4 is 4.90 Å². The van der Waals surface area contributed by atoms with E-state index in [4.69, 9.17) is 9.72 Å². The van der Waals surface area contributed by atoms with Gasteiger partial charge in [-0.3, -0.25) is 4.79 Å². The maximum absolute atomic E-state index is 12.9. The highest BCUT2D eigenvalue weighted by molar-refractivity contribution is 5.88. The zero-order valence-electron chi connectivity index (χ0n) is 17.0. The van der Waals surface area contributed by atoms with Gasteiger partial charge < -0.3 is 14.5 Å². The van der Waals surface area contributed by atoms with Crippen LogP contribution >= 0.6 is 0 Å². The second-order valence-corrected chi connectivity index (χ2v) is 7.54. The quantitative estimate of drug-likeness (QED) is 0.612. The van der Waals surface area contributed by atoms with E-state index in [9.17, 15) is 10.1 Å². The lowest BCUT2D eigenvalue weighted by atomic mass is 9.98. The number of anilines is 1. The van der Waals surface area contributed by atoms with Crippen molar-refractivity contribution in [2.24, 2.45) is 0 Å². The molecule has 0 aliphatic carbocycles. The third kappa shape index (κ3) is 4.27. The number of piperazine rings is 1. The molecule has 1 aliphatic rings. The van der Waals surface area contributed by atoms with Crippen LogP contribution in [0.4, 0.5) is 5.82 Å². The van der Waals surface area contributed by atoms with E-state index in [1.165, 1.54) is 0 Å². The number of likely N-dealkylation sites (N-methyl/N-ethyl adjacent to an activating group) is 1. The highest BCUT2D eigenvalue weighted by Gasteiger charge is 2.29. The van der Waals surface area contributed by atoms with E-state index in [1.807, 2.05) is 60.7 Å². The van der Waals surface area contributed by atoms with Gasteiger partial charge in [-0.15, -0.1) is 0 Å². The largest absolute Gasteiger partial charge is 0.460 e. The minimum atomic E-state index is -1.03. The van der Waals surface area contributed by atoms with Crippen molar-refractivity contribution < 1.29 is 9.53 Å². The van der Waals surface area contributed by atoms with Gasteiger partial charge in [-0.05, 0) is 24.7 Å². The van der Waals surface area contributed by atoms with Crippen LogP contribution in [0.5, 0.6) is 0 Å². The van der Waals surface area contributed by atoms with Crippen molar-refractivity contribution in [1.29, 1.82) is 5.26 Å². The summed E-state index contributed by atoms with van der Waals surface area (Å²) in [5.74, 6) is -0.876. The van der Waals surface area contributed by atoms with Crippen LogP contribution in [0.2, 0.25) is 0 Å². The Morgan fingerprint density at radius 2 is 1.80 bits per heavy atom. The minimum Gasteiger partial charge on any atom is -0.460 e. The number of carbonyl (C=O) groups excluding carboxylic acids is 1. The normalized spacial score (nSPS) is 15.5. The first-order valence-corrected chi connectivity index (χ1v) is 10.1. The van der Waals surface area contributed by atoms with E-state index in [1.54, 1.807) is 0 Å². The van der Waals surface area contributed by atoms with Gasteiger partial charge in [0.25, 0.3) is 0 Å². The molecule has 0 bridgehead atoms. The molecular formula is C24H24N4O2. The fourth-order valence-electron chi connectivity index (χ4n) is 3.67. The molecule has 1 aliphatic heterocycles. The van der Waals surface area contributed by atoms with Crippen LogP contribution in [0, 0.1) is 11.3 Å². The van der Waals surface area contributed by atoms with Crippen molar-refractivity contribution in [1.82, 2.24) is 9.88 Å². The molecule has 1 atom stereocenters. The van der Waals surface area contributed by atoms with E-state index in [-0.39, 0.29) is 6.61 Å². The number of nitriles is 1. The van der Waals surface area contributed by atoms with Crippen LogP contribution in [0.1, 0.15) is 17.0 Å². The number of rotatable bonds is 5. The Balaban J connectivity index is 1.66. The maximum Gasteiger partial charge on any atom is 0.328 e. The zero-order valence-corrected chi connectivity index (χ0v) is 17.0. The summed E-state index contributed by atoms with van der Waals surface area (Å²) in [5, 5.41) is 10.8. The SMILES string of the molecule is CN1CCN(c2nc3ccccc3cc2C(C#N)C(=O)OCc2ccccc2)CC1. The lowest BCUT2D eigenvalue weighted by Gasteiger charge is -2.34. The average molecular weight is 400 g/mol. The molecule has 6 nitrogen and oxygen atoms in total. The van der Waals surface area contributed by atoms with E-state index in [2.05, 4.69) is 22.9 Å². The van der Waals surface area contributed by atoms with E-state index >= 15 is 0 Å². The summed E-state index contributed by atoms with van der Waals surface area (Å²) < 4.78 is 5.49. The topological polar surface area (TPSA) is 69.5 Å². The lowest BCUT2D eigenvalue weighted by molar-refractivity contribution is -0.145. The molecule has 0 radical (unpaired) electrons. The highest BCUT2D eigenvalue weighted by Crippen LogP contribution is 2.31. The molecule has 1 unspecified atom stereocenters. The number of aromatic nitrogens is 1. The molecule has 1 saturated heterocycles. The number of hydrogen-bond donors (Lipinski definition) is 0. The van der Waals surface area contributed by atoms with Gasteiger partial charge in [-0.2, -0.15) is 5.26 Å². The molecule has 2 heterocycles. The molecule has 0 saturated carbocycles. The van der Waals surface area contributed by atoms with Gasteiger partial charge in [0.2, 0.25) is 0 Å². The van der Waals surface area contributed by atoms with Crippen LogP contribution in [0.25, 0.3) is 10.9 Å². The van der Waals surface area contributed by atoms with E-state index < -0.39 is 11.9 Å². The van der Waals surface area contributed by atoms with Crippen molar-refractivity contribution in [3.63, 3.8) is 0 Å². The predicted molar refractivity (Wildman–Crippen MR) is 116 cm³/mol. The Morgan fingerprint density at radius 3 is 2.53 bits per heavy atom. The predicted octanol–water partition coefficient (Wildman–Crippen LogP) is 3.34. The molecule has 4 rings (SSSR count). The number of carbonyl (C=O) groups is 1. The molecule has 0 spiro atoms. The molecule has 6 heteroatoms. The molecule has 2 aromatic carbocycles. The highest BCUT2D eigenvalue weighted by atomic mass is 16.5. The van der Waals surface area contributed by atoms with Crippen LogP contribution in [0.3, 0.4) is 0 Å². The Kier molecular flexibility index (Phi) is 5.92. The Labute approximate surface area is 176 Å². The molecule has 0 N–H and O–H groups in total. The lowest BCUT2D eigenvalue weighted by Crippen LogP contribution is -2.45. The summed E-state index contributed by atoms with van der Waals surface area (Å²) in [6.45, 7) is 3.55. The molecular weight excluding hydrogens is 376 g/mol. The van der Waals surface area contributed by atoms with Gasteiger partial charge >= 0.3 is 5.97 Å². The van der Waals surface area contributed by atoms with Crippen molar-refractivity contribution in [3.05, 3.63) is 71.8 Å². The molecule has 0 amide bonds. The van der Waals surface area contributed by atoms with Gasteiger partial charge in [0, 0.05) is 37.1 Å². The van der Waals surface area contributed by atoms with Crippen molar-refractivity contribution in [3.8, 4) is 6.07 Å².